The summed E-state index contributed by atoms with van der Waals surface area (Å²) in [6, 6.07) is 12.4. The molecule has 7 nitrogen and oxygen atoms in total. The Bertz CT molecular complexity index is 1240. The third-order valence-corrected chi connectivity index (χ3v) is 6.79. The lowest BCUT2D eigenvalue weighted by Gasteiger charge is -2.36. The molecule has 204 valence electrons. The molecule has 1 amide bonds. The second-order valence-electron chi connectivity index (χ2n) is 9.51. The summed E-state index contributed by atoms with van der Waals surface area (Å²) >= 11 is 0. The molecule has 1 aliphatic heterocycles. The van der Waals surface area contributed by atoms with Crippen molar-refractivity contribution in [1.82, 2.24) is 14.8 Å². The quantitative estimate of drug-likeness (QED) is 0.452. The first kappa shape index (κ1) is 27.8. The molecule has 0 atom stereocenters. The van der Waals surface area contributed by atoms with Crippen molar-refractivity contribution in [3.63, 3.8) is 0 Å². The van der Waals surface area contributed by atoms with Crippen LogP contribution in [-0.4, -0.2) is 85.4 Å². The van der Waals surface area contributed by atoms with E-state index in [9.17, 15) is 23.1 Å². The molecule has 0 unspecified atom stereocenters. The number of aliphatic hydroxyl groups excluding tert-OH is 1. The number of ether oxygens (including phenoxy) is 1. The van der Waals surface area contributed by atoms with Crippen LogP contribution < -0.4 is 4.90 Å². The molecule has 4 rings (SSSR count). The van der Waals surface area contributed by atoms with Crippen LogP contribution in [-0.2, 0) is 17.5 Å². The van der Waals surface area contributed by atoms with Gasteiger partial charge in [-0.15, -0.1) is 0 Å². The van der Waals surface area contributed by atoms with Crippen LogP contribution in [0.5, 0.6) is 0 Å². The molecule has 0 radical (unpaired) electrons. The predicted octanol–water partition coefficient (Wildman–Crippen LogP) is 3.97. The number of halogens is 3. The number of alkyl halides is 3. The van der Waals surface area contributed by atoms with E-state index < -0.39 is 11.7 Å². The molecule has 2 aromatic carbocycles. The zero-order valence-electron chi connectivity index (χ0n) is 21.7. The lowest BCUT2D eigenvalue weighted by Crippen LogP contribution is -2.48. The van der Waals surface area contributed by atoms with Gasteiger partial charge in [-0.25, -0.2) is 4.98 Å². The van der Waals surface area contributed by atoms with Crippen LogP contribution in [0, 0.1) is 6.92 Å². The van der Waals surface area contributed by atoms with Gasteiger partial charge in [-0.3, -0.25) is 9.69 Å². The molecule has 3 aromatic rings. The molecule has 1 aromatic heterocycles. The standard InChI is InChI=1S/C28H33F3N4O3/c1-20-3-4-22-18-23(26(32-25(22)17-20)34-11-9-33(10-12-34)13-15-36)19-35(14-16-38-2)27(37)21-5-7-24(8-6-21)28(29,30)31/h3-8,17-18,36H,9-16,19H2,1-2H3. The Morgan fingerprint density at radius 3 is 2.42 bits per heavy atom. The molecular weight excluding hydrogens is 497 g/mol. The van der Waals surface area contributed by atoms with Crippen LogP contribution in [0.3, 0.4) is 0 Å². The Balaban J connectivity index is 1.66. The molecule has 1 saturated heterocycles. The van der Waals surface area contributed by atoms with E-state index in [4.69, 9.17) is 9.72 Å². The first-order chi connectivity index (χ1) is 18.2. The lowest BCUT2D eigenvalue weighted by atomic mass is 10.1. The minimum absolute atomic E-state index is 0.110. The van der Waals surface area contributed by atoms with Crippen LogP contribution in [0.2, 0.25) is 0 Å². The highest BCUT2D eigenvalue weighted by Crippen LogP contribution is 2.30. The minimum atomic E-state index is -4.47. The van der Waals surface area contributed by atoms with Crippen molar-refractivity contribution < 1.29 is 27.8 Å². The Hall–Kier alpha value is -3.21. The van der Waals surface area contributed by atoms with Gasteiger partial charge in [0, 0.05) is 69.4 Å². The van der Waals surface area contributed by atoms with E-state index in [-0.39, 0.29) is 37.8 Å². The average Bonchev–Trinajstić information content (AvgIpc) is 2.90. The molecule has 38 heavy (non-hydrogen) atoms. The van der Waals surface area contributed by atoms with E-state index in [1.807, 2.05) is 31.2 Å². The summed E-state index contributed by atoms with van der Waals surface area (Å²) in [4.78, 5) is 24.4. The number of amides is 1. The molecule has 0 saturated carbocycles. The van der Waals surface area contributed by atoms with Crippen molar-refractivity contribution in [2.24, 2.45) is 0 Å². The van der Waals surface area contributed by atoms with E-state index in [0.717, 1.165) is 66.2 Å². The zero-order valence-corrected chi connectivity index (χ0v) is 21.7. The monoisotopic (exact) mass is 530 g/mol. The SMILES string of the molecule is COCCN(Cc1cc2ccc(C)cc2nc1N1CCN(CCO)CC1)C(=O)c1ccc(C(F)(F)F)cc1. The number of nitrogens with zero attached hydrogens (tertiary/aromatic N) is 4. The summed E-state index contributed by atoms with van der Waals surface area (Å²) in [6.45, 7) is 6.54. The maximum Gasteiger partial charge on any atom is 0.416 e. The zero-order chi connectivity index (χ0) is 27.3. The molecular formula is C28H33F3N4O3. The third kappa shape index (κ3) is 6.61. The Morgan fingerprint density at radius 1 is 1.08 bits per heavy atom. The van der Waals surface area contributed by atoms with Gasteiger partial charge < -0.3 is 19.6 Å². The first-order valence-electron chi connectivity index (χ1n) is 12.6. The van der Waals surface area contributed by atoms with Crippen molar-refractivity contribution in [1.29, 1.82) is 0 Å². The maximum absolute atomic E-state index is 13.5. The van der Waals surface area contributed by atoms with Gasteiger partial charge in [0.25, 0.3) is 5.91 Å². The average molecular weight is 531 g/mol. The summed E-state index contributed by atoms with van der Waals surface area (Å²) < 4.78 is 44.3. The molecule has 10 heteroatoms. The van der Waals surface area contributed by atoms with Gasteiger partial charge in [-0.2, -0.15) is 13.2 Å². The smallest absolute Gasteiger partial charge is 0.395 e. The minimum Gasteiger partial charge on any atom is -0.395 e. The van der Waals surface area contributed by atoms with E-state index in [1.165, 1.54) is 19.2 Å². The van der Waals surface area contributed by atoms with E-state index in [0.29, 0.717) is 6.54 Å². The summed E-state index contributed by atoms with van der Waals surface area (Å²) in [5, 5.41) is 10.2. The van der Waals surface area contributed by atoms with Gasteiger partial charge in [0.2, 0.25) is 0 Å². The highest BCUT2D eigenvalue weighted by Gasteiger charge is 2.31. The number of piperazine rings is 1. The van der Waals surface area contributed by atoms with Crippen LogP contribution in [0.4, 0.5) is 19.0 Å². The number of anilines is 1. The van der Waals surface area contributed by atoms with Crippen LogP contribution in [0.25, 0.3) is 10.9 Å². The van der Waals surface area contributed by atoms with Crippen LogP contribution >= 0.6 is 0 Å². The van der Waals surface area contributed by atoms with Crippen LogP contribution in [0.1, 0.15) is 27.0 Å². The largest absolute Gasteiger partial charge is 0.416 e. The maximum atomic E-state index is 13.5. The lowest BCUT2D eigenvalue weighted by molar-refractivity contribution is -0.137. The number of carbonyl (C=O) groups is 1. The number of β-amino-alcohol motifs (C(OH)–C–C–N with tert-alkyl or cyclic N) is 1. The topological polar surface area (TPSA) is 69.1 Å². The van der Waals surface area contributed by atoms with E-state index in [2.05, 4.69) is 9.80 Å². The predicted molar refractivity (Wildman–Crippen MR) is 140 cm³/mol. The molecule has 0 spiro atoms. The molecule has 1 N–H and O–H groups in total. The number of aryl methyl sites for hydroxylation is 1. The number of aliphatic hydroxyl groups is 1. The van der Waals surface area contributed by atoms with Gasteiger partial charge in [0.15, 0.2) is 0 Å². The van der Waals surface area contributed by atoms with Crippen molar-refractivity contribution in [2.45, 2.75) is 19.6 Å². The molecule has 1 fully saturated rings. The van der Waals surface area contributed by atoms with Crippen molar-refractivity contribution >= 4 is 22.6 Å². The number of aromatic nitrogens is 1. The van der Waals surface area contributed by atoms with Crippen molar-refractivity contribution in [3.05, 3.63) is 70.8 Å². The summed E-state index contributed by atoms with van der Waals surface area (Å²) in [5.41, 5.74) is 2.19. The third-order valence-electron chi connectivity index (χ3n) is 6.79. The fourth-order valence-electron chi connectivity index (χ4n) is 4.67. The normalized spacial score (nSPS) is 14.7. The number of pyridine rings is 1. The number of hydrogen-bond acceptors (Lipinski definition) is 6. The van der Waals surface area contributed by atoms with Gasteiger partial charge in [0.1, 0.15) is 5.82 Å². The van der Waals surface area contributed by atoms with E-state index >= 15 is 0 Å². The Kier molecular flexibility index (Phi) is 8.86. The number of fused-ring (bicyclic) bond motifs is 1. The van der Waals surface area contributed by atoms with Gasteiger partial charge in [-0.05, 0) is 48.9 Å². The van der Waals surface area contributed by atoms with Gasteiger partial charge >= 0.3 is 6.18 Å². The summed E-state index contributed by atoms with van der Waals surface area (Å²) in [6.07, 6.45) is -4.47. The Labute approximate surface area is 220 Å². The first-order valence-corrected chi connectivity index (χ1v) is 12.6. The second kappa shape index (κ2) is 12.1. The Morgan fingerprint density at radius 2 is 1.79 bits per heavy atom. The van der Waals surface area contributed by atoms with Gasteiger partial charge in [-0.1, -0.05) is 12.1 Å². The summed E-state index contributed by atoms with van der Waals surface area (Å²) in [7, 11) is 1.54. The fourth-order valence-corrected chi connectivity index (χ4v) is 4.67. The van der Waals surface area contributed by atoms with Crippen molar-refractivity contribution in [3.8, 4) is 0 Å². The summed E-state index contributed by atoms with van der Waals surface area (Å²) in [5.74, 6) is 0.410. The number of carbonyl (C=O) groups excluding carboxylic acids is 1. The molecule has 2 heterocycles. The molecule has 0 bridgehead atoms. The number of rotatable bonds is 9. The number of methoxy groups -OCH3 is 1. The highest BCUT2D eigenvalue weighted by atomic mass is 19.4. The highest BCUT2D eigenvalue weighted by molar-refractivity contribution is 5.94. The van der Waals surface area contributed by atoms with Crippen molar-refractivity contribution in [2.75, 3.05) is 64.5 Å². The number of benzene rings is 2. The van der Waals surface area contributed by atoms with E-state index in [1.54, 1.807) is 4.90 Å². The molecule has 0 aliphatic carbocycles. The fraction of sp³-hybridized carbons (Fsp3) is 0.429. The molecule has 1 aliphatic rings. The van der Waals surface area contributed by atoms with Crippen LogP contribution in [0.15, 0.2) is 48.5 Å². The van der Waals surface area contributed by atoms with Gasteiger partial charge in [0.05, 0.1) is 24.3 Å². The second-order valence-corrected chi connectivity index (χ2v) is 9.51. The number of hydrogen-bond donors (Lipinski definition) is 1.